The van der Waals surface area contributed by atoms with E-state index in [1.165, 1.54) is 5.56 Å². The normalized spacial score (nSPS) is 12.6. The highest BCUT2D eigenvalue weighted by Gasteiger charge is 2.16. The zero-order valence-corrected chi connectivity index (χ0v) is 11.6. The Balaban J connectivity index is 2.21. The zero-order valence-electron chi connectivity index (χ0n) is 11.6. The SMILES string of the molecule is CCCc1ccc(C(NN)c2ccc(CC)o2)cc1. The van der Waals surface area contributed by atoms with Gasteiger partial charge in [0.15, 0.2) is 0 Å². The first-order valence-electron chi connectivity index (χ1n) is 6.92. The van der Waals surface area contributed by atoms with Crippen LogP contribution in [0.5, 0.6) is 0 Å². The van der Waals surface area contributed by atoms with Crippen LogP contribution in [0.4, 0.5) is 0 Å². The Morgan fingerprint density at radius 2 is 1.84 bits per heavy atom. The Morgan fingerprint density at radius 3 is 2.37 bits per heavy atom. The fourth-order valence-corrected chi connectivity index (χ4v) is 2.25. The predicted molar refractivity (Wildman–Crippen MR) is 77.7 cm³/mol. The summed E-state index contributed by atoms with van der Waals surface area (Å²) in [5.74, 6) is 7.52. The second-order valence-corrected chi connectivity index (χ2v) is 4.75. The van der Waals surface area contributed by atoms with Crippen molar-refractivity contribution in [1.82, 2.24) is 5.43 Å². The average Bonchev–Trinajstić information content (AvgIpc) is 2.91. The van der Waals surface area contributed by atoms with Crippen LogP contribution in [0.15, 0.2) is 40.8 Å². The van der Waals surface area contributed by atoms with E-state index in [4.69, 9.17) is 10.3 Å². The van der Waals surface area contributed by atoms with Crippen LogP contribution in [-0.4, -0.2) is 0 Å². The topological polar surface area (TPSA) is 51.2 Å². The van der Waals surface area contributed by atoms with Gasteiger partial charge < -0.3 is 4.42 Å². The van der Waals surface area contributed by atoms with Gasteiger partial charge in [-0.1, -0.05) is 44.5 Å². The van der Waals surface area contributed by atoms with E-state index in [0.717, 1.165) is 36.3 Å². The van der Waals surface area contributed by atoms with E-state index in [1.54, 1.807) is 0 Å². The first kappa shape index (κ1) is 13.8. The second-order valence-electron chi connectivity index (χ2n) is 4.75. The molecule has 1 atom stereocenters. The minimum atomic E-state index is -0.0871. The van der Waals surface area contributed by atoms with Crippen LogP contribution in [0.1, 0.15) is 49.0 Å². The molecule has 0 amide bonds. The van der Waals surface area contributed by atoms with Crippen molar-refractivity contribution in [3.8, 4) is 0 Å². The van der Waals surface area contributed by atoms with E-state index in [2.05, 4.69) is 43.5 Å². The molecule has 3 heteroatoms. The number of rotatable bonds is 6. The highest BCUT2D eigenvalue weighted by molar-refractivity contribution is 5.30. The van der Waals surface area contributed by atoms with Gasteiger partial charge in [-0.25, -0.2) is 5.43 Å². The van der Waals surface area contributed by atoms with Crippen molar-refractivity contribution in [2.75, 3.05) is 0 Å². The molecule has 2 rings (SSSR count). The van der Waals surface area contributed by atoms with Crippen molar-refractivity contribution in [3.63, 3.8) is 0 Å². The van der Waals surface area contributed by atoms with Gasteiger partial charge in [0.1, 0.15) is 17.6 Å². The third kappa shape index (κ3) is 3.25. The largest absolute Gasteiger partial charge is 0.464 e. The monoisotopic (exact) mass is 258 g/mol. The summed E-state index contributed by atoms with van der Waals surface area (Å²) >= 11 is 0. The minimum absolute atomic E-state index is 0.0871. The lowest BCUT2D eigenvalue weighted by atomic mass is 10.0. The quantitative estimate of drug-likeness (QED) is 0.617. The maximum atomic E-state index is 5.78. The Labute approximate surface area is 114 Å². The Kier molecular flexibility index (Phi) is 4.77. The number of hydrogen-bond donors (Lipinski definition) is 2. The van der Waals surface area contributed by atoms with Crippen LogP contribution in [0, 0.1) is 0 Å². The van der Waals surface area contributed by atoms with Crippen molar-refractivity contribution in [1.29, 1.82) is 0 Å². The third-order valence-electron chi connectivity index (χ3n) is 3.33. The molecule has 0 spiro atoms. The maximum absolute atomic E-state index is 5.78. The standard InChI is InChI=1S/C16H22N2O/c1-3-5-12-6-8-13(9-7-12)16(18-17)15-11-10-14(4-2)19-15/h6-11,16,18H,3-5,17H2,1-2H3. The number of furan rings is 1. The van der Waals surface area contributed by atoms with Gasteiger partial charge in [-0.3, -0.25) is 5.84 Å². The molecular weight excluding hydrogens is 236 g/mol. The first-order valence-corrected chi connectivity index (χ1v) is 6.92. The van der Waals surface area contributed by atoms with Crippen LogP contribution >= 0.6 is 0 Å². The Bertz CT molecular complexity index is 502. The van der Waals surface area contributed by atoms with Gasteiger partial charge in [0, 0.05) is 6.42 Å². The summed E-state index contributed by atoms with van der Waals surface area (Å²) in [6.07, 6.45) is 3.17. The van der Waals surface area contributed by atoms with E-state index in [0.29, 0.717) is 0 Å². The van der Waals surface area contributed by atoms with Crippen LogP contribution in [0.2, 0.25) is 0 Å². The van der Waals surface area contributed by atoms with Crippen molar-refractivity contribution in [3.05, 3.63) is 59.0 Å². The number of hydrazine groups is 1. The lowest BCUT2D eigenvalue weighted by Gasteiger charge is -2.14. The molecule has 0 aliphatic heterocycles. The number of aryl methyl sites for hydroxylation is 2. The molecule has 1 heterocycles. The molecule has 0 aliphatic carbocycles. The third-order valence-corrected chi connectivity index (χ3v) is 3.33. The van der Waals surface area contributed by atoms with E-state index in [9.17, 15) is 0 Å². The number of benzene rings is 1. The van der Waals surface area contributed by atoms with Gasteiger partial charge >= 0.3 is 0 Å². The summed E-state index contributed by atoms with van der Waals surface area (Å²) in [6.45, 7) is 4.26. The molecule has 1 unspecified atom stereocenters. The highest BCUT2D eigenvalue weighted by Crippen LogP contribution is 2.24. The van der Waals surface area contributed by atoms with Crippen LogP contribution in [-0.2, 0) is 12.8 Å². The first-order chi connectivity index (χ1) is 9.28. The van der Waals surface area contributed by atoms with Gasteiger partial charge in [0.25, 0.3) is 0 Å². The Hall–Kier alpha value is -1.58. The predicted octanol–water partition coefficient (Wildman–Crippen LogP) is 3.35. The van der Waals surface area contributed by atoms with Crippen molar-refractivity contribution < 1.29 is 4.42 Å². The molecule has 19 heavy (non-hydrogen) atoms. The molecular formula is C16H22N2O. The summed E-state index contributed by atoms with van der Waals surface area (Å²) in [5.41, 5.74) is 5.31. The van der Waals surface area contributed by atoms with Gasteiger partial charge in [0.05, 0.1) is 0 Å². The molecule has 1 aromatic heterocycles. The number of nitrogens with one attached hydrogen (secondary N) is 1. The van der Waals surface area contributed by atoms with Crippen LogP contribution in [0.3, 0.4) is 0 Å². The molecule has 1 aromatic carbocycles. The lowest BCUT2D eigenvalue weighted by molar-refractivity contribution is 0.425. The average molecular weight is 258 g/mol. The lowest BCUT2D eigenvalue weighted by Crippen LogP contribution is -2.28. The minimum Gasteiger partial charge on any atom is -0.464 e. The fourth-order valence-electron chi connectivity index (χ4n) is 2.25. The molecule has 0 radical (unpaired) electrons. The smallest absolute Gasteiger partial charge is 0.126 e. The Morgan fingerprint density at radius 1 is 1.11 bits per heavy atom. The number of hydrogen-bond acceptors (Lipinski definition) is 3. The maximum Gasteiger partial charge on any atom is 0.126 e. The van der Waals surface area contributed by atoms with E-state index in [-0.39, 0.29) is 6.04 Å². The fraction of sp³-hybridized carbons (Fsp3) is 0.375. The van der Waals surface area contributed by atoms with Gasteiger partial charge in [-0.05, 0) is 29.7 Å². The molecule has 102 valence electrons. The molecule has 3 nitrogen and oxygen atoms in total. The van der Waals surface area contributed by atoms with E-state index in [1.807, 2.05) is 12.1 Å². The molecule has 0 fully saturated rings. The summed E-state index contributed by atoms with van der Waals surface area (Å²) in [7, 11) is 0. The number of nitrogens with two attached hydrogens (primary N) is 1. The van der Waals surface area contributed by atoms with Crippen molar-refractivity contribution in [2.24, 2.45) is 5.84 Å². The molecule has 0 bridgehead atoms. The van der Waals surface area contributed by atoms with Crippen molar-refractivity contribution in [2.45, 2.75) is 39.2 Å². The summed E-state index contributed by atoms with van der Waals surface area (Å²) < 4.78 is 5.78. The summed E-state index contributed by atoms with van der Waals surface area (Å²) in [6, 6.07) is 12.5. The summed E-state index contributed by atoms with van der Waals surface area (Å²) in [4.78, 5) is 0. The highest BCUT2D eigenvalue weighted by atomic mass is 16.3. The molecule has 2 aromatic rings. The van der Waals surface area contributed by atoms with Crippen LogP contribution < -0.4 is 11.3 Å². The van der Waals surface area contributed by atoms with Crippen LogP contribution in [0.25, 0.3) is 0 Å². The molecule has 0 aliphatic rings. The van der Waals surface area contributed by atoms with Gasteiger partial charge in [0.2, 0.25) is 0 Å². The molecule has 3 N–H and O–H groups in total. The second kappa shape index (κ2) is 6.55. The van der Waals surface area contributed by atoms with E-state index >= 15 is 0 Å². The molecule has 0 saturated carbocycles. The van der Waals surface area contributed by atoms with E-state index < -0.39 is 0 Å². The summed E-state index contributed by atoms with van der Waals surface area (Å²) in [5, 5.41) is 0. The van der Waals surface area contributed by atoms with Gasteiger partial charge in [-0.2, -0.15) is 0 Å². The van der Waals surface area contributed by atoms with Gasteiger partial charge in [-0.15, -0.1) is 0 Å². The molecule has 0 saturated heterocycles. The van der Waals surface area contributed by atoms with Crippen molar-refractivity contribution >= 4 is 0 Å². The zero-order chi connectivity index (χ0) is 13.7.